The molecule has 0 saturated heterocycles. The predicted octanol–water partition coefficient (Wildman–Crippen LogP) is 3.43. The minimum Gasteiger partial charge on any atom is -0.319 e. The smallest absolute Gasteiger partial charge is 0.155 e. The number of ketones is 1. The van der Waals surface area contributed by atoms with Crippen molar-refractivity contribution in [1.82, 2.24) is 0 Å². The van der Waals surface area contributed by atoms with Crippen LogP contribution < -0.4 is 5.73 Å². The van der Waals surface area contributed by atoms with E-state index in [-0.39, 0.29) is 5.92 Å². The monoisotopic (exact) mass is 237 g/mol. The van der Waals surface area contributed by atoms with Crippen molar-refractivity contribution in [3.05, 3.63) is 0 Å². The molecule has 2 heteroatoms. The molecule has 2 aliphatic carbocycles. The number of rotatable bonds is 3. The van der Waals surface area contributed by atoms with Gasteiger partial charge in [-0.25, -0.2) is 0 Å². The summed E-state index contributed by atoms with van der Waals surface area (Å²) in [6.45, 7) is 2.26. The molecule has 98 valence electrons. The summed E-state index contributed by atoms with van der Waals surface area (Å²) >= 11 is 0. The number of nitrogens with two attached hydrogens (primary N) is 1. The summed E-state index contributed by atoms with van der Waals surface area (Å²) in [6, 6.07) is 0. The molecule has 0 unspecified atom stereocenters. The quantitative estimate of drug-likeness (QED) is 0.817. The zero-order valence-electron chi connectivity index (χ0n) is 11.2. The van der Waals surface area contributed by atoms with Crippen LogP contribution in [0.3, 0.4) is 0 Å². The SMILES string of the molecule is CCC1CCC(C(=O)C2(N)CCCCC2)CC1. The van der Waals surface area contributed by atoms with Gasteiger partial charge in [-0.3, -0.25) is 4.79 Å². The molecule has 2 aliphatic rings. The number of hydrogen-bond donors (Lipinski definition) is 1. The van der Waals surface area contributed by atoms with Crippen LogP contribution in [0, 0.1) is 11.8 Å². The van der Waals surface area contributed by atoms with Gasteiger partial charge in [0.15, 0.2) is 5.78 Å². The zero-order valence-corrected chi connectivity index (χ0v) is 11.2. The highest BCUT2D eigenvalue weighted by Gasteiger charge is 2.40. The molecule has 2 fully saturated rings. The summed E-state index contributed by atoms with van der Waals surface area (Å²) in [7, 11) is 0. The molecule has 2 rings (SSSR count). The predicted molar refractivity (Wildman–Crippen MR) is 70.7 cm³/mol. The number of Topliss-reactive ketones (excluding diaryl/α,β-unsaturated/α-hetero) is 1. The van der Waals surface area contributed by atoms with Gasteiger partial charge in [0.1, 0.15) is 0 Å². The lowest BCUT2D eigenvalue weighted by molar-refractivity contribution is -0.130. The summed E-state index contributed by atoms with van der Waals surface area (Å²) in [5, 5.41) is 0. The van der Waals surface area contributed by atoms with E-state index in [0.29, 0.717) is 5.78 Å². The maximum Gasteiger partial charge on any atom is 0.155 e. The Kier molecular flexibility index (Phi) is 4.24. The Labute approximate surface area is 105 Å². The third-order valence-corrected chi connectivity index (χ3v) is 5.03. The molecule has 0 aliphatic heterocycles. The van der Waals surface area contributed by atoms with Gasteiger partial charge in [-0.2, -0.15) is 0 Å². The molecule has 2 saturated carbocycles. The van der Waals surface area contributed by atoms with Gasteiger partial charge in [-0.05, 0) is 44.4 Å². The lowest BCUT2D eigenvalue weighted by atomic mass is 9.70. The fraction of sp³-hybridized carbons (Fsp3) is 0.933. The molecule has 17 heavy (non-hydrogen) atoms. The maximum absolute atomic E-state index is 12.5. The summed E-state index contributed by atoms with van der Waals surface area (Å²) in [4.78, 5) is 12.5. The largest absolute Gasteiger partial charge is 0.319 e. The molecule has 0 heterocycles. The third-order valence-electron chi connectivity index (χ3n) is 5.03. The van der Waals surface area contributed by atoms with Crippen molar-refractivity contribution < 1.29 is 4.79 Å². The molecule has 0 amide bonds. The van der Waals surface area contributed by atoms with Crippen LogP contribution in [0.4, 0.5) is 0 Å². The minimum absolute atomic E-state index is 0.279. The Morgan fingerprint density at radius 1 is 1.12 bits per heavy atom. The molecular weight excluding hydrogens is 210 g/mol. The fourth-order valence-electron chi connectivity index (χ4n) is 3.67. The van der Waals surface area contributed by atoms with Gasteiger partial charge in [0.05, 0.1) is 5.54 Å². The van der Waals surface area contributed by atoms with E-state index in [2.05, 4.69) is 6.92 Å². The van der Waals surface area contributed by atoms with Crippen molar-refractivity contribution in [2.24, 2.45) is 17.6 Å². The van der Waals surface area contributed by atoms with Crippen molar-refractivity contribution in [2.75, 3.05) is 0 Å². The number of carbonyl (C=O) groups excluding carboxylic acids is 1. The zero-order chi connectivity index (χ0) is 12.3. The highest BCUT2D eigenvalue weighted by Crippen LogP contribution is 2.36. The van der Waals surface area contributed by atoms with Crippen LogP contribution in [0.1, 0.15) is 71.1 Å². The summed E-state index contributed by atoms with van der Waals surface area (Å²) in [5.41, 5.74) is 5.89. The number of hydrogen-bond acceptors (Lipinski definition) is 2. The highest BCUT2D eigenvalue weighted by molar-refractivity contribution is 5.90. The first-order valence-electron chi connectivity index (χ1n) is 7.49. The second-order valence-corrected chi connectivity index (χ2v) is 6.21. The third kappa shape index (κ3) is 2.90. The van der Waals surface area contributed by atoms with Gasteiger partial charge in [-0.15, -0.1) is 0 Å². The first-order chi connectivity index (χ1) is 8.15. The normalized spacial score (nSPS) is 33.3. The van der Waals surface area contributed by atoms with E-state index in [0.717, 1.165) is 44.4 Å². The van der Waals surface area contributed by atoms with E-state index in [1.165, 1.54) is 25.7 Å². The standard InChI is InChI=1S/C15H27NO/c1-2-12-6-8-13(9-7-12)14(17)15(16)10-4-3-5-11-15/h12-13H,2-11,16H2,1H3. The van der Waals surface area contributed by atoms with Crippen molar-refractivity contribution in [3.8, 4) is 0 Å². The highest BCUT2D eigenvalue weighted by atomic mass is 16.1. The molecule has 0 aromatic heterocycles. The summed E-state index contributed by atoms with van der Waals surface area (Å²) < 4.78 is 0. The van der Waals surface area contributed by atoms with E-state index in [4.69, 9.17) is 5.73 Å². The average Bonchev–Trinajstić information content (AvgIpc) is 2.39. The van der Waals surface area contributed by atoms with Crippen molar-refractivity contribution >= 4 is 5.78 Å². The Morgan fingerprint density at radius 3 is 2.24 bits per heavy atom. The van der Waals surface area contributed by atoms with Gasteiger partial charge in [0.2, 0.25) is 0 Å². The van der Waals surface area contributed by atoms with Crippen LogP contribution in [0.25, 0.3) is 0 Å². The Morgan fingerprint density at radius 2 is 1.71 bits per heavy atom. The van der Waals surface area contributed by atoms with Gasteiger partial charge >= 0.3 is 0 Å². The maximum atomic E-state index is 12.5. The van der Waals surface area contributed by atoms with Crippen LogP contribution in [0.15, 0.2) is 0 Å². The van der Waals surface area contributed by atoms with Crippen LogP contribution in [0.5, 0.6) is 0 Å². The van der Waals surface area contributed by atoms with Crippen LogP contribution in [-0.4, -0.2) is 11.3 Å². The van der Waals surface area contributed by atoms with Crippen molar-refractivity contribution in [1.29, 1.82) is 0 Å². The Balaban J connectivity index is 1.91. The van der Waals surface area contributed by atoms with Gasteiger partial charge < -0.3 is 5.73 Å². The molecule has 2 N–H and O–H groups in total. The molecule has 0 atom stereocenters. The van der Waals surface area contributed by atoms with Crippen LogP contribution in [-0.2, 0) is 4.79 Å². The van der Waals surface area contributed by atoms with E-state index in [1.54, 1.807) is 0 Å². The van der Waals surface area contributed by atoms with E-state index >= 15 is 0 Å². The minimum atomic E-state index is -0.456. The number of carbonyl (C=O) groups is 1. The molecule has 2 nitrogen and oxygen atoms in total. The Bertz CT molecular complexity index is 260. The van der Waals surface area contributed by atoms with Crippen LogP contribution in [0.2, 0.25) is 0 Å². The van der Waals surface area contributed by atoms with Crippen molar-refractivity contribution in [3.63, 3.8) is 0 Å². The van der Waals surface area contributed by atoms with Crippen molar-refractivity contribution in [2.45, 2.75) is 76.7 Å². The topological polar surface area (TPSA) is 43.1 Å². The second kappa shape index (κ2) is 5.51. The molecule has 0 bridgehead atoms. The average molecular weight is 237 g/mol. The molecule has 0 aromatic carbocycles. The van der Waals surface area contributed by atoms with E-state index in [1.807, 2.05) is 0 Å². The summed E-state index contributed by atoms with van der Waals surface area (Å²) in [5.74, 6) is 1.53. The Hall–Kier alpha value is -0.370. The van der Waals surface area contributed by atoms with Gasteiger partial charge in [0, 0.05) is 5.92 Å². The van der Waals surface area contributed by atoms with Gasteiger partial charge in [-0.1, -0.05) is 32.6 Å². The lowest BCUT2D eigenvalue weighted by Crippen LogP contribution is -2.52. The molecule has 0 radical (unpaired) electrons. The van der Waals surface area contributed by atoms with E-state index < -0.39 is 5.54 Å². The van der Waals surface area contributed by atoms with Gasteiger partial charge in [0.25, 0.3) is 0 Å². The first-order valence-corrected chi connectivity index (χ1v) is 7.49. The first kappa shape index (κ1) is 13.1. The lowest BCUT2D eigenvalue weighted by Gasteiger charge is -2.37. The summed E-state index contributed by atoms with van der Waals surface area (Å²) in [6.07, 6.45) is 11.3. The second-order valence-electron chi connectivity index (χ2n) is 6.21. The fourth-order valence-corrected chi connectivity index (χ4v) is 3.67. The van der Waals surface area contributed by atoms with Crippen LogP contribution >= 0.6 is 0 Å². The molecular formula is C15H27NO. The van der Waals surface area contributed by atoms with E-state index in [9.17, 15) is 4.79 Å². The molecule has 0 spiro atoms. The molecule has 0 aromatic rings.